The zero-order valence-electron chi connectivity index (χ0n) is 17.0. The van der Waals surface area contributed by atoms with Gasteiger partial charge in [-0.1, -0.05) is 31.5 Å². The first-order valence-electron chi connectivity index (χ1n) is 9.31. The monoisotopic (exact) mass is 470 g/mol. The lowest BCUT2D eigenvalue weighted by molar-refractivity contribution is -0.123. The molecule has 1 unspecified atom stereocenters. The SMILES string of the molecule is Cc1ccc(C(=O)NC(C(=O)NN=Cc2ccc(OCC#N)c(Br)c2)C(C)C)cc1. The lowest BCUT2D eigenvalue weighted by atomic mass is 10.0. The van der Waals surface area contributed by atoms with E-state index in [4.69, 9.17) is 10.00 Å². The predicted octanol–water partition coefficient (Wildman–Crippen LogP) is 3.56. The third-order valence-electron chi connectivity index (χ3n) is 4.19. The summed E-state index contributed by atoms with van der Waals surface area (Å²) in [4.78, 5) is 25.0. The van der Waals surface area contributed by atoms with Crippen LogP contribution in [-0.2, 0) is 4.79 Å². The van der Waals surface area contributed by atoms with E-state index in [9.17, 15) is 9.59 Å². The summed E-state index contributed by atoms with van der Waals surface area (Å²) in [7, 11) is 0. The van der Waals surface area contributed by atoms with Crippen molar-refractivity contribution in [3.63, 3.8) is 0 Å². The van der Waals surface area contributed by atoms with Crippen LogP contribution in [0.5, 0.6) is 5.75 Å². The van der Waals surface area contributed by atoms with E-state index in [1.807, 2.05) is 39.0 Å². The standard InChI is InChI=1S/C22H23BrN4O3/c1-14(2)20(26-21(28)17-7-4-15(3)5-8-17)22(29)27-25-13-16-6-9-19(18(23)12-16)30-11-10-24/h4-9,12-14,20H,11H2,1-3H3,(H,26,28)(H,27,29). The number of nitrogens with one attached hydrogen (secondary N) is 2. The van der Waals surface area contributed by atoms with Crippen LogP contribution in [0.25, 0.3) is 0 Å². The van der Waals surface area contributed by atoms with Gasteiger partial charge in [-0.2, -0.15) is 10.4 Å². The van der Waals surface area contributed by atoms with Crippen molar-refractivity contribution in [2.75, 3.05) is 6.61 Å². The molecule has 8 heteroatoms. The van der Waals surface area contributed by atoms with Crippen molar-refractivity contribution in [2.24, 2.45) is 11.0 Å². The number of nitrogens with zero attached hydrogens (tertiary/aromatic N) is 2. The number of rotatable bonds is 8. The number of hydrogen-bond acceptors (Lipinski definition) is 5. The van der Waals surface area contributed by atoms with Gasteiger partial charge in [0.05, 0.1) is 10.7 Å². The van der Waals surface area contributed by atoms with Crippen LogP contribution in [0, 0.1) is 24.2 Å². The molecule has 0 spiro atoms. The molecule has 7 nitrogen and oxygen atoms in total. The molecule has 0 heterocycles. The summed E-state index contributed by atoms with van der Waals surface area (Å²) in [5.41, 5.74) is 4.73. The van der Waals surface area contributed by atoms with Crippen molar-refractivity contribution in [1.82, 2.24) is 10.7 Å². The minimum Gasteiger partial charge on any atom is -0.478 e. The van der Waals surface area contributed by atoms with Gasteiger partial charge in [0.15, 0.2) is 6.61 Å². The molecule has 0 aliphatic carbocycles. The highest BCUT2D eigenvalue weighted by atomic mass is 79.9. The number of nitriles is 1. The van der Waals surface area contributed by atoms with Crippen molar-refractivity contribution in [3.05, 3.63) is 63.6 Å². The zero-order valence-corrected chi connectivity index (χ0v) is 18.6. The lowest BCUT2D eigenvalue weighted by Crippen LogP contribution is -2.48. The Bertz CT molecular complexity index is 965. The fraction of sp³-hybridized carbons (Fsp3) is 0.273. The first-order valence-corrected chi connectivity index (χ1v) is 10.1. The molecule has 2 N–H and O–H groups in total. The Morgan fingerprint density at radius 1 is 1.23 bits per heavy atom. The summed E-state index contributed by atoms with van der Waals surface area (Å²) in [5.74, 6) is -0.309. The number of aryl methyl sites for hydroxylation is 1. The highest BCUT2D eigenvalue weighted by Crippen LogP contribution is 2.25. The average molecular weight is 471 g/mol. The first kappa shape index (κ1) is 23.1. The van der Waals surface area contributed by atoms with Gasteiger partial charge in [0.1, 0.15) is 17.9 Å². The van der Waals surface area contributed by atoms with Crippen LogP contribution >= 0.6 is 15.9 Å². The molecule has 0 aromatic heterocycles. The summed E-state index contributed by atoms with van der Waals surface area (Å²) in [6, 6.07) is 13.5. The molecule has 156 valence electrons. The van der Waals surface area contributed by atoms with Gasteiger partial charge in [-0.3, -0.25) is 9.59 Å². The summed E-state index contributed by atoms with van der Waals surface area (Å²) in [6.45, 7) is 5.59. The number of amides is 2. The molecule has 30 heavy (non-hydrogen) atoms. The fourth-order valence-corrected chi connectivity index (χ4v) is 3.04. The number of benzene rings is 2. The number of hydrazone groups is 1. The molecule has 0 fully saturated rings. The number of ether oxygens (including phenoxy) is 1. The van der Waals surface area contributed by atoms with E-state index in [0.717, 1.165) is 11.1 Å². The van der Waals surface area contributed by atoms with Crippen LogP contribution in [0.2, 0.25) is 0 Å². The molecule has 2 aromatic carbocycles. The predicted molar refractivity (Wildman–Crippen MR) is 118 cm³/mol. The second-order valence-electron chi connectivity index (χ2n) is 6.93. The Morgan fingerprint density at radius 2 is 1.93 bits per heavy atom. The Balaban J connectivity index is 1.99. The van der Waals surface area contributed by atoms with E-state index in [1.54, 1.807) is 30.3 Å². The highest BCUT2D eigenvalue weighted by Gasteiger charge is 2.24. The Morgan fingerprint density at radius 3 is 2.53 bits per heavy atom. The summed E-state index contributed by atoms with van der Waals surface area (Å²) >= 11 is 3.36. The van der Waals surface area contributed by atoms with Crippen LogP contribution in [0.4, 0.5) is 0 Å². The third kappa shape index (κ3) is 6.71. The average Bonchev–Trinajstić information content (AvgIpc) is 2.71. The molecular weight excluding hydrogens is 448 g/mol. The minimum absolute atomic E-state index is 0.0486. The van der Waals surface area contributed by atoms with Gasteiger partial charge in [-0.15, -0.1) is 0 Å². The molecule has 0 aliphatic heterocycles. The fourth-order valence-electron chi connectivity index (χ4n) is 2.53. The molecule has 2 rings (SSSR count). The summed E-state index contributed by atoms with van der Waals surface area (Å²) in [5, 5.41) is 15.3. The van der Waals surface area contributed by atoms with Crippen LogP contribution in [0.15, 0.2) is 52.0 Å². The second kappa shape index (κ2) is 11.1. The maximum Gasteiger partial charge on any atom is 0.262 e. The van der Waals surface area contributed by atoms with E-state index in [0.29, 0.717) is 15.8 Å². The van der Waals surface area contributed by atoms with Gasteiger partial charge in [0.2, 0.25) is 0 Å². The molecule has 0 aliphatic rings. The third-order valence-corrected chi connectivity index (χ3v) is 4.81. The molecule has 0 saturated heterocycles. The van der Waals surface area contributed by atoms with Crippen molar-refractivity contribution in [2.45, 2.75) is 26.8 Å². The first-order chi connectivity index (χ1) is 14.3. The Hall–Kier alpha value is -3.18. The number of halogens is 1. The van der Waals surface area contributed by atoms with Crippen LogP contribution < -0.4 is 15.5 Å². The Kier molecular flexibility index (Phi) is 8.56. The van der Waals surface area contributed by atoms with Crippen LogP contribution in [0.1, 0.15) is 35.3 Å². The van der Waals surface area contributed by atoms with E-state index >= 15 is 0 Å². The van der Waals surface area contributed by atoms with Crippen molar-refractivity contribution in [1.29, 1.82) is 5.26 Å². The maximum absolute atomic E-state index is 12.5. The summed E-state index contributed by atoms with van der Waals surface area (Å²) in [6.07, 6.45) is 1.48. The van der Waals surface area contributed by atoms with Crippen LogP contribution in [-0.4, -0.2) is 30.7 Å². The van der Waals surface area contributed by atoms with Gasteiger partial charge in [-0.25, -0.2) is 5.43 Å². The van der Waals surface area contributed by atoms with E-state index in [2.05, 4.69) is 31.8 Å². The van der Waals surface area contributed by atoms with E-state index in [1.165, 1.54) is 6.21 Å². The largest absolute Gasteiger partial charge is 0.478 e. The van der Waals surface area contributed by atoms with Crippen molar-refractivity contribution >= 4 is 34.0 Å². The van der Waals surface area contributed by atoms with Gasteiger partial charge in [0, 0.05) is 5.56 Å². The molecule has 1 atom stereocenters. The molecule has 2 aromatic rings. The quantitative estimate of drug-likeness (QED) is 0.454. The zero-order chi connectivity index (χ0) is 22.1. The van der Waals surface area contributed by atoms with Gasteiger partial charge >= 0.3 is 0 Å². The smallest absolute Gasteiger partial charge is 0.262 e. The number of carbonyl (C=O) groups is 2. The molecule has 0 saturated carbocycles. The van der Waals surface area contributed by atoms with Crippen molar-refractivity contribution < 1.29 is 14.3 Å². The van der Waals surface area contributed by atoms with Crippen LogP contribution in [0.3, 0.4) is 0 Å². The van der Waals surface area contributed by atoms with Gasteiger partial charge < -0.3 is 10.1 Å². The molecule has 2 amide bonds. The molecule has 0 bridgehead atoms. The summed E-state index contributed by atoms with van der Waals surface area (Å²) < 4.78 is 5.92. The van der Waals surface area contributed by atoms with E-state index < -0.39 is 11.9 Å². The highest BCUT2D eigenvalue weighted by molar-refractivity contribution is 9.10. The topological polar surface area (TPSA) is 104 Å². The van der Waals surface area contributed by atoms with Gasteiger partial charge in [-0.05, 0) is 64.7 Å². The minimum atomic E-state index is -0.732. The number of carbonyl (C=O) groups excluding carboxylic acids is 2. The number of hydrogen-bond donors (Lipinski definition) is 2. The van der Waals surface area contributed by atoms with E-state index in [-0.39, 0.29) is 18.4 Å². The molecular formula is C22H23BrN4O3. The maximum atomic E-state index is 12.5. The Labute approximate surface area is 184 Å². The van der Waals surface area contributed by atoms with Crippen molar-refractivity contribution in [3.8, 4) is 11.8 Å². The second-order valence-corrected chi connectivity index (χ2v) is 7.79. The molecule has 0 radical (unpaired) electrons. The lowest BCUT2D eigenvalue weighted by Gasteiger charge is -2.20. The van der Waals surface area contributed by atoms with Gasteiger partial charge in [0.25, 0.3) is 11.8 Å². The normalized spacial score (nSPS) is 11.7.